The first-order chi connectivity index (χ1) is 11.6. The van der Waals surface area contributed by atoms with Gasteiger partial charge in [0.05, 0.1) is 32.0 Å². The number of esters is 1. The summed E-state index contributed by atoms with van der Waals surface area (Å²) in [5, 5.41) is 2.96. The maximum absolute atomic E-state index is 12.4. The fourth-order valence-electron chi connectivity index (χ4n) is 2.22. The van der Waals surface area contributed by atoms with Gasteiger partial charge < -0.3 is 18.9 Å². The van der Waals surface area contributed by atoms with E-state index in [1.54, 1.807) is 23.5 Å². The smallest absolute Gasteiger partial charge is 0.342 e. The molecule has 2 rings (SSSR count). The number of nitrogens with zero attached hydrogens (tertiary/aromatic N) is 1. The summed E-state index contributed by atoms with van der Waals surface area (Å²) in [6.07, 6.45) is 1.97. The van der Waals surface area contributed by atoms with E-state index in [-0.39, 0.29) is 17.9 Å². The topological polar surface area (TPSA) is 66.9 Å². The minimum absolute atomic E-state index is 0.122. The molecule has 2 aromatic rings. The van der Waals surface area contributed by atoms with Crippen molar-refractivity contribution in [3.05, 3.63) is 33.8 Å². The highest BCUT2D eigenvalue weighted by Gasteiger charge is 2.22. The molecule has 6 nitrogen and oxygen atoms in total. The van der Waals surface area contributed by atoms with E-state index in [1.807, 2.05) is 5.38 Å². The molecule has 1 aromatic carbocycles. The highest BCUT2D eigenvalue weighted by molar-refractivity contribution is 7.09. The molecule has 0 atom stereocenters. The Labute approximate surface area is 145 Å². The average Bonchev–Trinajstić information content (AvgIpc) is 3.05. The molecule has 0 aliphatic carbocycles. The van der Waals surface area contributed by atoms with Gasteiger partial charge in [0.15, 0.2) is 11.5 Å². The predicted molar refractivity (Wildman–Crippen MR) is 91.3 cm³/mol. The van der Waals surface area contributed by atoms with Gasteiger partial charge in [-0.2, -0.15) is 0 Å². The van der Waals surface area contributed by atoms with Crippen molar-refractivity contribution in [3.8, 4) is 17.2 Å². The molecule has 0 aliphatic rings. The second kappa shape index (κ2) is 8.54. The molecule has 7 heteroatoms. The lowest BCUT2D eigenvalue weighted by Gasteiger charge is -2.14. The van der Waals surface area contributed by atoms with Crippen LogP contribution in [0.3, 0.4) is 0 Å². The third kappa shape index (κ3) is 3.97. The molecular formula is C17H21NO5S. The summed E-state index contributed by atoms with van der Waals surface area (Å²) in [7, 11) is 4.47. The Morgan fingerprint density at radius 1 is 1.12 bits per heavy atom. The van der Waals surface area contributed by atoms with Crippen LogP contribution >= 0.6 is 11.3 Å². The van der Waals surface area contributed by atoms with E-state index in [9.17, 15) is 4.79 Å². The number of rotatable bonds is 8. The van der Waals surface area contributed by atoms with E-state index in [2.05, 4.69) is 11.9 Å². The number of methoxy groups -OCH3 is 3. The fourth-order valence-corrected chi connectivity index (χ4v) is 3.11. The highest BCUT2D eigenvalue weighted by Crippen LogP contribution is 2.40. The zero-order valence-corrected chi connectivity index (χ0v) is 15.1. The van der Waals surface area contributed by atoms with Gasteiger partial charge in [-0.05, 0) is 25.0 Å². The maximum atomic E-state index is 12.4. The summed E-state index contributed by atoms with van der Waals surface area (Å²) in [5.41, 5.74) is 1.02. The molecule has 1 heterocycles. The Morgan fingerprint density at radius 2 is 1.88 bits per heavy atom. The number of aryl methyl sites for hydroxylation is 1. The summed E-state index contributed by atoms with van der Waals surface area (Å²) in [4.78, 5) is 16.8. The SMILES string of the molecule is CCCc1nc(COC(=O)c2ccc(OC)c(OC)c2OC)cs1. The molecule has 24 heavy (non-hydrogen) atoms. The van der Waals surface area contributed by atoms with Crippen molar-refractivity contribution in [2.24, 2.45) is 0 Å². The first kappa shape index (κ1) is 18.1. The van der Waals surface area contributed by atoms with Gasteiger partial charge >= 0.3 is 5.97 Å². The van der Waals surface area contributed by atoms with Gasteiger partial charge in [0.1, 0.15) is 12.2 Å². The number of thiazole rings is 1. The van der Waals surface area contributed by atoms with E-state index in [4.69, 9.17) is 18.9 Å². The summed E-state index contributed by atoms with van der Waals surface area (Å²) in [6, 6.07) is 3.23. The van der Waals surface area contributed by atoms with Crippen LogP contribution < -0.4 is 14.2 Å². The van der Waals surface area contributed by atoms with Crippen molar-refractivity contribution in [3.63, 3.8) is 0 Å². The number of carbonyl (C=O) groups is 1. The number of ether oxygens (including phenoxy) is 4. The van der Waals surface area contributed by atoms with Crippen molar-refractivity contribution in [2.45, 2.75) is 26.4 Å². The predicted octanol–water partition coefficient (Wildman–Crippen LogP) is 3.48. The zero-order chi connectivity index (χ0) is 17.5. The molecule has 0 unspecified atom stereocenters. The molecule has 130 valence electrons. The van der Waals surface area contributed by atoms with Crippen LogP contribution in [0.25, 0.3) is 0 Å². The van der Waals surface area contributed by atoms with Gasteiger partial charge in [-0.25, -0.2) is 9.78 Å². The van der Waals surface area contributed by atoms with Crippen LogP contribution in [0.2, 0.25) is 0 Å². The lowest BCUT2D eigenvalue weighted by Crippen LogP contribution is -2.09. The lowest BCUT2D eigenvalue weighted by molar-refractivity contribution is 0.0464. The van der Waals surface area contributed by atoms with E-state index >= 15 is 0 Å². The highest BCUT2D eigenvalue weighted by atomic mass is 32.1. The molecule has 0 radical (unpaired) electrons. The second-order valence-electron chi connectivity index (χ2n) is 4.94. The van der Waals surface area contributed by atoms with Crippen molar-refractivity contribution in [1.29, 1.82) is 0 Å². The average molecular weight is 351 g/mol. The molecule has 0 bridgehead atoms. The Hall–Kier alpha value is -2.28. The number of benzene rings is 1. The standard InChI is InChI=1S/C17H21NO5S/c1-5-6-14-18-11(10-24-14)9-23-17(19)12-7-8-13(20-2)16(22-4)15(12)21-3/h7-8,10H,5-6,9H2,1-4H3. The van der Waals surface area contributed by atoms with E-state index in [0.29, 0.717) is 11.5 Å². The van der Waals surface area contributed by atoms with Crippen LogP contribution in [0.5, 0.6) is 17.2 Å². The Kier molecular flexibility index (Phi) is 6.43. The van der Waals surface area contributed by atoms with E-state index < -0.39 is 5.97 Å². The van der Waals surface area contributed by atoms with Gasteiger partial charge in [0.25, 0.3) is 0 Å². The molecule has 0 amide bonds. The molecule has 0 aliphatic heterocycles. The van der Waals surface area contributed by atoms with Gasteiger partial charge in [-0.1, -0.05) is 6.92 Å². The molecular weight excluding hydrogens is 330 g/mol. The quantitative estimate of drug-likeness (QED) is 0.678. The Balaban J connectivity index is 2.14. The first-order valence-corrected chi connectivity index (χ1v) is 8.41. The van der Waals surface area contributed by atoms with Crippen molar-refractivity contribution in [1.82, 2.24) is 4.98 Å². The Morgan fingerprint density at radius 3 is 2.50 bits per heavy atom. The first-order valence-electron chi connectivity index (χ1n) is 7.53. The van der Waals surface area contributed by atoms with Crippen molar-refractivity contribution >= 4 is 17.3 Å². The largest absolute Gasteiger partial charge is 0.493 e. The second-order valence-corrected chi connectivity index (χ2v) is 5.88. The minimum Gasteiger partial charge on any atom is -0.493 e. The summed E-state index contributed by atoms with van der Waals surface area (Å²) in [5.74, 6) is 0.618. The van der Waals surface area contributed by atoms with Gasteiger partial charge in [0.2, 0.25) is 5.75 Å². The summed E-state index contributed by atoms with van der Waals surface area (Å²) < 4.78 is 21.1. The molecule has 0 N–H and O–H groups in total. The molecule has 0 spiro atoms. The summed E-state index contributed by atoms with van der Waals surface area (Å²) >= 11 is 1.58. The number of carbonyl (C=O) groups excluding carboxylic acids is 1. The maximum Gasteiger partial charge on any atom is 0.342 e. The van der Waals surface area contributed by atoms with Gasteiger partial charge in [-0.15, -0.1) is 11.3 Å². The van der Waals surface area contributed by atoms with Gasteiger partial charge in [-0.3, -0.25) is 0 Å². The van der Waals surface area contributed by atoms with Crippen molar-refractivity contribution < 1.29 is 23.7 Å². The molecule has 0 saturated heterocycles. The normalized spacial score (nSPS) is 10.3. The van der Waals surface area contributed by atoms with Crippen LogP contribution in [-0.4, -0.2) is 32.3 Å². The number of aromatic nitrogens is 1. The number of hydrogen-bond donors (Lipinski definition) is 0. The van der Waals surface area contributed by atoms with E-state index in [1.165, 1.54) is 21.3 Å². The lowest BCUT2D eigenvalue weighted by atomic mass is 10.1. The fraction of sp³-hybridized carbons (Fsp3) is 0.412. The van der Waals surface area contributed by atoms with Crippen LogP contribution in [0.1, 0.15) is 34.4 Å². The van der Waals surface area contributed by atoms with Crippen LogP contribution in [-0.2, 0) is 17.8 Å². The molecule has 1 aromatic heterocycles. The third-order valence-electron chi connectivity index (χ3n) is 3.34. The third-order valence-corrected chi connectivity index (χ3v) is 4.30. The molecule has 0 saturated carbocycles. The van der Waals surface area contributed by atoms with E-state index in [0.717, 1.165) is 23.5 Å². The number of hydrogen-bond acceptors (Lipinski definition) is 7. The Bertz CT molecular complexity index is 698. The molecule has 0 fully saturated rings. The zero-order valence-electron chi connectivity index (χ0n) is 14.3. The van der Waals surface area contributed by atoms with Crippen LogP contribution in [0, 0.1) is 0 Å². The van der Waals surface area contributed by atoms with Gasteiger partial charge in [0, 0.05) is 5.38 Å². The summed E-state index contributed by atoms with van der Waals surface area (Å²) in [6.45, 7) is 2.22. The van der Waals surface area contributed by atoms with Crippen LogP contribution in [0.15, 0.2) is 17.5 Å². The monoisotopic (exact) mass is 351 g/mol. The van der Waals surface area contributed by atoms with Crippen LogP contribution in [0.4, 0.5) is 0 Å². The van der Waals surface area contributed by atoms with Crippen molar-refractivity contribution in [2.75, 3.05) is 21.3 Å². The minimum atomic E-state index is -0.502.